The van der Waals surface area contributed by atoms with Crippen LogP contribution in [0.25, 0.3) is 22.0 Å². The fourth-order valence-electron chi connectivity index (χ4n) is 3.19. The Balaban J connectivity index is 2.18. The first kappa shape index (κ1) is 12.1. The zero-order chi connectivity index (χ0) is 14.4. The maximum absolute atomic E-state index is 11.9. The van der Waals surface area contributed by atoms with Gasteiger partial charge in [0.1, 0.15) is 0 Å². The molecule has 3 nitrogen and oxygen atoms in total. The Morgan fingerprint density at radius 2 is 1.76 bits per heavy atom. The number of fused-ring (bicyclic) bond motifs is 4. The molecule has 0 unspecified atom stereocenters. The van der Waals surface area contributed by atoms with E-state index in [0.717, 1.165) is 35.2 Å². The minimum atomic E-state index is -0.887. The lowest BCUT2D eigenvalue weighted by Crippen LogP contribution is -2.12. The molecule has 0 bridgehead atoms. The fourth-order valence-corrected chi connectivity index (χ4v) is 3.19. The number of nitrogens with zero attached hydrogens (tertiary/aromatic N) is 1. The number of hydrogen-bond donors (Lipinski definition) is 1. The van der Waals surface area contributed by atoms with E-state index in [0.29, 0.717) is 10.9 Å². The number of carboxylic acid groups (broad SMARTS) is 1. The van der Waals surface area contributed by atoms with Gasteiger partial charge >= 0.3 is 5.97 Å². The van der Waals surface area contributed by atoms with Crippen LogP contribution in [0.15, 0.2) is 48.5 Å². The second-order valence-corrected chi connectivity index (χ2v) is 5.29. The number of rotatable bonds is 1. The molecule has 1 aliphatic carbocycles. The summed E-state index contributed by atoms with van der Waals surface area (Å²) >= 11 is 0. The van der Waals surface area contributed by atoms with Crippen molar-refractivity contribution in [1.29, 1.82) is 0 Å². The summed E-state index contributed by atoms with van der Waals surface area (Å²) in [7, 11) is 0. The van der Waals surface area contributed by atoms with Gasteiger partial charge in [0, 0.05) is 10.9 Å². The summed E-state index contributed by atoms with van der Waals surface area (Å²) in [4.78, 5) is 16.6. The standard InChI is InChI=1S/C18H13NO2/c20-18(21)17-13-7-3-4-8-14(13)19-15-10-9-11-5-1-2-6-12(11)16(15)17/h1-8H,9-10H2,(H,20,21). The molecular weight excluding hydrogens is 262 g/mol. The first-order valence-electron chi connectivity index (χ1n) is 6.99. The highest BCUT2D eigenvalue weighted by Crippen LogP contribution is 2.38. The predicted molar refractivity (Wildman–Crippen MR) is 81.5 cm³/mol. The summed E-state index contributed by atoms with van der Waals surface area (Å²) in [5.41, 5.74) is 5.03. The zero-order valence-corrected chi connectivity index (χ0v) is 11.3. The Labute approximate surface area is 121 Å². The van der Waals surface area contributed by atoms with E-state index in [4.69, 9.17) is 4.98 Å². The Bertz CT molecular complexity index is 884. The van der Waals surface area contributed by atoms with E-state index in [2.05, 4.69) is 6.07 Å². The summed E-state index contributed by atoms with van der Waals surface area (Å²) < 4.78 is 0. The van der Waals surface area contributed by atoms with Gasteiger partial charge in [0.05, 0.1) is 16.8 Å². The zero-order valence-electron chi connectivity index (χ0n) is 11.3. The van der Waals surface area contributed by atoms with Crippen molar-refractivity contribution in [2.75, 3.05) is 0 Å². The van der Waals surface area contributed by atoms with Crippen molar-refractivity contribution in [3.8, 4) is 11.1 Å². The number of hydrogen-bond acceptors (Lipinski definition) is 2. The second kappa shape index (κ2) is 4.42. The SMILES string of the molecule is O=C(O)c1c2c(nc3ccccc13)CCc1ccccc1-2. The molecular formula is C18H13NO2. The van der Waals surface area contributed by atoms with Gasteiger partial charge in [0.15, 0.2) is 0 Å². The van der Waals surface area contributed by atoms with Gasteiger partial charge in [-0.05, 0) is 30.0 Å². The Hall–Kier alpha value is -2.68. The summed E-state index contributed by atoms with van der Waals surface area (Å²) in [5.74, 6) is -0.887. The van der Waals surface area contributed by atoms with Crippen molar-refractivity contribution in [3.05, 3.63) is 65.4 Å². The first-order chi connectivity index (χ1) is 10.3. The van der Waals surface area contributed by atoms with Gasteiger partial charge in [-0.1, -0.05) is 42.5 Å². The first-order valence-corrected chi connectivity index (χ1v) is 6.99. The normalized spacial score (nSPS) is 12.8. The Kier molecular flexibility index (Phi) is 2.54. The molecule has 0 radical (unpaired) electrons. The molecule has 0 saturated heterocycles. The van der Waals surface area contributed by atoms with E-state index in [1.807, 2.05) is 42.5 Å². The Morgan fingerprint density at radius 3 is 2.62 bits per heavy atom. The average Bonchev–Trinajstić information content (AvgIpc) is 2.52. The van der Waals surface area contributed by atoms with Crippen LogP contribution in [0, 0.1) is 0 Å². The number of para-hydroxylation sites is 1. The van der Waals surface area contributed by atoms with Crippen LogP contribution in [0.2, 0.25) is 0 Å². The number of carbonyl (C=O) groups is 1. The molecule has 0 atom stereocenters. The van der Waals surface area contributed by atoms with Crippen LogP contribution in [-0.2, 0) is 12.8 Å². The van der Waals surface area contributed by atoms with E-state index < -0.39 is 5.97 Å². The monoisotopic (exact) mass is 275 g/mol. The second-order valence-electron chi connectivity index (χ2n) is 5.29. The van der Waals surface area contributed by atoms with Crippen LogP contribution < -0.4 is 0 Å². The number of carboxylic acids is 1. The van der Waals surface area contributed by atoms with Gasteiger partial charge < -0.3 is 5.11 Å². The number of aromatic carboxylic acids is 1. The highest BCUT2D eigenvalue weighted by Gasteiger charge is 2.25. The summed E-state index contributed by atoms with van der Waals surface area (Å²) in [6.45, 7) is 0. The summed E-state index contributed by atoms with van der Waals surface area (Å²) in [6.07, 6.45) is 1.70. The van der Waals surface area contributed by atoms with Crippen LogP contribution in [0.5, 0.6) is 0 Å². The lowest BCUT2D eigenvalue weighted by molar-refractivity contribution is 0.0699. The minimum Gasteiger partial charge on any atom is -0.478 e. The van der Waals surface area contributed by atoms with E-state index in [1.54, 1.807) is 0 Å². The minimum absolute atomic E-state index is 0.378. The van der Waals surface area contributed by atoms with Crippen molar-refractivity contribution in [3.63, 3.8) is 0 Å². The molecule has 21 heavy (non-hydrogen) atoms. The smallest absolute Gasteiger partial charge is 0.337 e. The molecule has 1 aromatic heterocycles. The molecule has 2 aromatic carbocycles. The van der Waals surface area contributed by atoms with Crippen molar-refractivity contribution in [1.82, 2.24) is 4.98 Å². The molecule has 1 heterocycles. The lowest BCUT2D eigenvalue weighted by Gasteiger charge is -2.22. The molecule has 0 amide bonds. The van der Waals surface area contributed by atoms with Crippen molar-refractivity contribution in [2.24, 2.45) is 0 Å². The van der Waals surface area contributed by atoms with Gasteiger partial charge in [0.25, 0.3) is 0 Å². The quantitative estimate of drug-likeness (QED) is 0.736. The maximum Gasteiger partial charge on any atom is 0.337 e. The van der Waals surface area contributed by atoms with Gasteiger partial charge in [-0.25, -0.2) is 4.79 Å². The number of aromatic nitrogens is 1. The molecule has 3 aromatic rings. The molecule has 0 saturated carbocycles. The van der Waals surface area contributed by atoms with Gasteiger partial charge in [0.2, 0.25) is 0 Å². The third-order valence-corrected chi connectivity index (χ3v) is 4.10. The summed E-state index contributed by atoms with van der Waals surface area (Å²) in [6, 6.07) is 15.5. The van der Waals surface area contributed by atoms with E-state index >= 15 is 0 Å². The predicted octanol–water partition coefficient (Wildman–Crippen LogP) is 3.70. The lowest BCUT2D eigenvalue weighted by atomic mass is 9.84. The molecule has 102 valence electrons. The topological polar surface area (TPSA) is 50.2 Å². The van der Waals surface area contributed by atoms with Crippen LogP contribution in [0.1, 0.15) is 21.6 Å². The number of benzene rings is 2. The molecule has 4 rings (SSSR count). The number of pyridine rings is 1. The van der Waals surface area contributed by atoms with E-state index in [-0.39, 0.29) is 0 Å². The van der Waals surface area contributed by atoms with Crippen LogP contribution >= 0.6 is 0 Å². The third-order valence-electron chi connectivity index (χ3n) is 4.10. The van der Waals surface area contributed by atoms with Crippen molar-refractivity contribution >= 4 is 16.9 Å². The average molecular weight is 275 g/mol. The molecule has 0 spiro atoms. The molecule has 0 aliphatic heterocycles. The molecule has 1 aliphatic rings. The van der Waals surface area contributed by atoms with E-state index in [1.165, 1.54) is 5.56 Å². The van der Waals surface area contributed by atoms with Crippen molar-refractivity contribution in [2.45, 2.75) is 12.8 Å². The number of aryl methyl sites for hydroxylation is 2. The highest BCUT2D eigenvalue weighted by atomic mass is 16.4. The highest BCUT2D eigenvalue weighted by molar-refractivity contribution is 6.09. The van der Waals surface area contributed by atoms with Crippen molar-refractivity contribution < 1.29 is 9.90 Å². The molecule has 1 N–H and O–H groups in total. The van der Waals surface area contributed by atoms with Crippen LogP contribution in [-0.4, -0.2) is 16.1 Å². The molecule has 3 heteroatoms. The van der Waals surface area contributed by atoms with E-state index in [9.17, 15) is 9.90 Å². The molecule has 0 fully saturated rings. The van der Waals surface area contributed by atoms with Gasteiger partial charge in [-0.2, -0.15) is 0 Å². The van der Waals surface area contributed by atoms with Crippen LogP contribution in [0.4, 0.5) is 0 Å². The largest absolute Gasteiger partial charge is 0.478 e. The summed E-state index contributed by atoms with van der Waals surface area (Å²) in [5, 5.41) is 10.4. The fraction of sp³-hybridized carbons (Fsp3) is 0.111. The van der Waals surface area contributed by atoms with Gasteiger partial charge in [-0.15, -0.1) is 0 Å². The maximum atomic E-state index is 11.9. The third kappa shape index (κ3) is 1.74. The van der Waals surface area contributed by atoms with Crippen LogP contribution in [0.3, 0.4) is 0 Å². The Morgan fingerprint density at radius 1 is 1.00 bits per heavy atom. The van der Waals surface area contributed by atoms with Gasteiger partial charge in [-0.3, -0.25) is 4.98 Å².